The first kappa shape index (κ1) is 30.9. The third-order valence-electron chi connectivity index (χ3n) is 9.16. The molecule has 4 rings (SSSR count). The van der Waals surface area contributed by atoms with Gasteiger partial charge in [-0.3, -0.25) is 0 Å². The Morgan fingerprint density at radius 1 is 0.650 bits per heavy atom. The molecule has 0 aliphatic heterocycles. The van der Waals surface area contributed by atoms with Crippen LogP contribution in [-0.4, -0.2) is 18.1 Å². The highest BCUT2D eigenvalue weighted by molar-refractivity contribution is 6.50. The maximum atomic E-state index is 6.89. The minimum atomic E-state index is -1.31. The first-order chi connectivity index (χ1) is 18.9. The van der Waals surface area contributed by atoms with Gasteiger partial charge in [-0.15, -0.1) is 0 Å². The third kappa shape index (κ3) is 5.68. The van der Waals surface area contributed by atoms with Gasteiger partial charge in [-0.05, 0) is 78.1 Å². The molecule has 2 atom stereocenters. The van der Waals surface area contributed by atoms with E-state index in [-0.39, 0.29) is 10.8 Å². The zero-order valence-corrected chi connectivity index (χ0v) is 29.5. The first-order valence-corrected chi connectivity index (χ1v) is 21.4. The van der Waals surface area contributed by atoms with Crippen LogP contribution in [0.3, 0.4) is 0 Å². The molecule has 40 heavy (non-hydrogen) atoms. The van der Waals surface area contributed by atoms with Gasteiger partial charge in [-0.1, -0.05) is 110 Å². The van der Waals surface area contributed by atoms with E-state index in [1.54, 1.807) is 0 Å². The van der Waals surface area contributed by atoms with E-state index >= 15 is 0 Å². The summed E-state index contributed by atoms with van der Waals surface area (Å²) in [7, 11) is -2.62. The van der Waals surface area contributed by atoms with Crippen molar-refractivity contribution in [2.24, 2.45) is 16.7 Å². The van der Waals surface area contributed by atoms with Gasteiger partial charge in [0.25, 0.3) is 0 Å². The van der Waals surface area contributed by atoms with Gasteiger partial charge in [-0.25, -0.2) is 0 Å². The van der Waals surface area contributed by atoms with Gasteiger partial charge in [0.2, 0.25) is 18.1 Å². The van der Waals surface area contributed by atoms with Crippen molar-refractivity contribution in [1.29, 1.82) is 0 Å². The Kier molecular flexibility index (Phi) is 9.31. The maximum Gasteiger partial charge on any atom is 0.229 e. The second kappa shape index (κ2) is 12.1. The largest absolute Gasteiger partial charge is 0.547 e. The van der Waals surface area contributed by atoms with Crippen LogP contribution in [0, 0.1) is 16.7 Å². The Hall–Kier alpha value is -2.05. The van der Waals surface area contributed by atoms with Crippen LogP contribution in [0.25, 0.3) is 11.5 Å². The molecular weight excluding hydrogens is 521 g/mol. The Morgan fingerprint density at radius 3 is 1.32 bits per heavy atom. The zero-order chi connectivity index (χ0) is 29.4. The van der Waals surface area contributed by atoms with Crippen LogP contribution in [0.15, 0.2) is 59.7 Å². The number of rotatable bonds is 12. The summed E-state index contributed by atoms with van der Waals surface area (Å²) in [6, 6.07) is 18.3. The second-order valence-corrected chi connectivity index (χ2v) is 18.7. The van der Waals surface area contributed by atoms with E-state index < -0.39 is 18.1 Å². The SMILES string of the molecule is CCCC(C)(C)C1=C(O[SiH](C)C)c2ccccc2C1C(C)C1C(C(C)(C)CCC)=C(O[SiH](C)C)c2ccccc21. The molecule has 0 radical (unpaired) electrons. The first-order valence-electron chi connectivity index (χ1n) is 15.9. The minimum absolute atomic E-state index is 0.0520. The summed E-state index contributed by atoms with van der Waals surface area (Å²) in [6.45, 7) is 26.2. The zero-order valence-electron chi connectivity index (χ0n) is 27.2. The molecule has 2 aromatic carbocycles. The third-order valence-corrected chi connectivity index (χ3v) is 10.6. The molecule has 4 heteroatoms. The van der Waals surface area contributed by atoms with Crippen molar-refractivity contribution in [3.05, 3.63) is 81.9 Å². The highest BCUT2D eigenvalue weighted by Crippen LogP contribution is 2.62. The lowest BCUT2D eigenvalue weighted by molar-refractivity contribution is 0.305. The molecule has 2 nitrogen and oxygen atoms in total. The molecule has 0 saturated carbocycles. The molecule has 0 N–H and O–H groups in total. The minimum Gasteiger partial charge on any atom is -0.547 e. The summed E-state index contributed by atoms with van der Waals surface area (Å²) in [5, 5.41) is 0. The fourth-order valence-corrected chi connectivity index (χ4v) is 9.27. The summed E-state index contributed by atoms with van der Waals surface area (Å²) < 4.78 is 13.8. The fraction of sp³-hybridized carbons (Fsp3) is 0.556. The smallest absolute Gasteiger partial charge is 0.229 e. The second-order valence-electron chi connectivity index (χ2n) is 14.1. The van der Waals surface area contributed by atoms with E-state index in [1.165, 1.54) is 44.9 Å². The van der Waals surface area contributed by atoms with Crippen molar-refractivity contribution in [3.63, 3.8) is 0 Å². The van der Waals surface area contributed by atoms with Crippen molar-refractivity contribution in [2.75, 3.05) is 0 Å². The highest BCUT2D eigenvalue weighted by atomic mass is 28.3. The molecule has 0 fully saturated rings. The van der Waals surface area contributed by atoms with Gasteiger partial charge in [-0.2, -0.15) is 0 Å². The molecular formula is C36H54O2Si2. The summed E-state index contributed by atoms with van der Waals surface area (Å²) in [4.78, 5) is 0. The number of fused-ring (bicyclic) bond motifs is 2. The van der Waals surface area contributed by atoms with Crippen LogP contribution in [0.2, 0.25) is 26.2 Å². The summed E-state index contributed by atoms with van der Waals surface area (Å²) in [5.41, 5.74) is 8.73. The van der Waals surface area contributed by atoms with Crippen LogP contribution in [0.5, 0.6) is 0 Å². The molecule has 0 heterocycles. The van der Waals surface area contributed by atoms with Gasteiger partial charge >= 0.3 is 0 Å². The molecule has 0 aromatic heterocycles. The van der Waals surface area contributed by atoms with Gasteiger partial charge in [0, 0.05) is 23.0 Å². The average molecular weight is 575 g/mol. The summed E-state index contributed by atoms with van der Waals surface area (Å²) in [6.07, 6.45) is 4.64. The van der Waals surface area contributed by atoms with E-state index in [9.17, 15) is 0 Å². The highest BCUT2D eigenvalue weighted by Gasteiger charge is 2.49. The predicted octanol–water partition coefficient (Wildman–Crippen LogP) is 10.3. The van der Waals surface area contributed by atoms with Crippen LogP contribution in [0.1, 0.15) is 108 Å². The standard InChI is InChI=1S/C36H54O2Si2/c1-12-22-35(4,5)31-29(25-18-14-16-20-27(25)33(31)37-39(8)9)24(3)30-26-19-15-17-21-28(26)34(38-40(10)11)32(30)36(6,7)23-13-2/h14-21,24,29-30,39-40H,12-13,22-23H2,1-11H3. The van der Waals surface area contributed by atoms with Crippen molar-refractivity contribution in [3.8, 4) is 0 Å². The molecule has 2 aliphatic rings. The van der Waals surface area contributed by atoms with Gasteiger partial charge in [0.05, 0.1) is 0 Å². The predicted molar refractivity (Wildman–Crippen MR) is 179 cm³/mol. The quantitative estimate of drug-likeness (QED) is 0.235. The number of benzene rings is 2. The molecule has 2 unspecified atom stereocenters. The Morgan fingerprint density at radius 2 is 1.00 bits per heavy atom. The molecule has 218 valence electrons. The maximum absolute atomic E-state index is 6.89. The Balaban J connectivity index is 1.99. The monoisotopic (exact) mass is 574 g/mol. The molecule has 0 saturated heterocycles. The summed E-state index contributed by atoms with van der Waals surface area (Å²) in [5.74, 6) is 3.37. The molecule has 0 bridgehead atoms. The van der Waals surface area contributed by atoms with Crippen molar-refractivity contribution < 1.29 is 8.85 Å². The van der Waals surface area contributed by atoms with Crippen LogP contribution >= 0.6 is 0 Å². The fourth-order valence-electron chi connectivity index (χ4n) is 7.82. The molecule has 0 spiro atoms. The van der Waals surface area contributed by atoms with Gasteiger partial charge in [0.1, 0.15) is 11.5 Å². The topological polar surface area (TPSA) is 18.5 Å². The lowest BCUT2D eigenvalue weighted by Gasteiger charge is -2.40. The number of hydrogen-bond donors (Lipinski definition) is 0. The van der Waals surface area contributed by atoms with Crippen molar-refractivity contribution in [1.82, 2.24) is 0 Å². The molecule has 2 aliphatic carbocycles. The number of hydrogen-bond acceptors (Lipinski definition) is 2. The van der Waals surface area contributed by atoms with Crippen LogP contribution in [-0.2, 0) is 8.85 Å². The average Bonchev–Trinajstić information content (AvgIpc) is 3.37. The Labute approximate surface area is 248 Å². The van der Waals surface area contributed by atoms with Crippen molar-refractivity contribution >= 4 is 29.6 Å². The van der Waals surface area contributed by atoms with E-state index in [4.69, 9.17) is 8.85 Å². The molecule has 0 amide bonds. The Bertz CT molecular complexity index is 1170. The van der Waals surface area contributed by atoms with E-state index in [0.717, 1.165) is 25.7 Å². The number of allylic oxidation sites excluding steroid dienone is 2. The van der Waals surface area contributed by atoms with Gasteiger partial charge in [0.15, 0.2) is 0 Å². The van der Waals surface area contributed by atoms with Crippen LogP contribution < -0.4 is 0 Å². The van der Waals surface area contributed by atoms with E-state index in [2.05, 4.69) is 123 Å². The van der Waals surface area contributed by atoms with Gasteiger partial charge < -0.3 is 8.85 Å². The lowest BCUT2D eigenvalue weighted by Crippen LogP contribution is -2.29. The summed E-state index contributed by atoms with van der Waals surface area (Å²) >= 11 is 0. The van der Waals surface area contributed by atoms with Crippen molar-refractivity contribution in [2.45, 2.75) is 112 Å². The van der Waals surface area contributed by atoms with E-state index in [0.29, 0.717) is 17.8 Å². The lowest BCUT2D eigenvalue weighted by atomic mass is 9.63. The van der Waals surface area contributed by atoms with Crippen LogP contribution in [0.4, 0.5) is 0 Å². The normalized spacial score (nSPS) is 19.9. The molecule has 2 aromatic rings. The van der Waals surface area contributed by atoms with E-state index in [1.807, 2.05) is 0 Å².